The van der Waals surface area contributed by atoms with Gasteiger partial charge in [0.05, 0.1) is 0 Å². The van der Waals surface area contributed by atoms with Gasteiger partial charge in [0.15, 0.2) is 0 Å². The molecule has 0 amide bonds. The third kappa shape index (κ3) is 4.35. The second-order valence-corrected chi connectivity index (χ2v) is 4.79. The third-order valence-corrected chi connectivity index (χ3v) is 3.11. The molecule has 1 aliphatic rings. The van der Waals surface area contributed by atoms with Crippen LogP contribution in [-0.2, 0) is 0 Å². The first-order valence-corrected chi connectivity index (χ1v) is 7.05. The van der Waals surface area contributed by atoms with E-state index in [4.69, 9.17) is 5.11 Å². The highest BCUT2D eigenvalue weighted by atomic mass is 19.3. The summed E-state index contributed by atoms with van der Waals surface area (Å²) in [6.45, 7) is 3.98. The molecule has 118 valence electrons. The summed E-state index contributed by atoms with van der Waals surface area (Å²) in [5.41, 5.74) is 0. The van der Waals surface area contributed by atoms with Gasteiger partial charge in [0, 0.05) is 26.2 Å². The quantitative estimate of drug-likeness (QED) is 0.691. The Bertz CT molecular complexity index is 455. The first-order valence-electron chi connectivity index (χ1n) is 7.05. The van der Waals surface area contributed by atoms with Gasteiger partial charge in [-0.05, 0) is 19.8 Å². The Morgan fingerprint density at radius 3 is 2.33 bits per heavy atom. The number of aromatic nitrogens is 3. The number of anilines is 3. The minimum atomic E-state index is -2.80. The minimum Gasteiger partial charge on any atom is -0.385 e. The minimum absolute atomic E-state index is 0.183. The van der Waals surface area contributed by atoms with E-state index in [1.165, 1.54) is 0 Å². The molecule has 3 N–H and O–H groups in total. The molecule has 1 unspecified atom stereocenters. The van der Waals surface area contributed by atoms with Crippen LogP contribution in [0.15, 0.2) is 0 Å². The zero-order valence-corrected chi connectivity index (χ0v) is 11.9. The number of aliphatic hydroxyl groups excluding tert-OH is 1. The molecule has 9 heteroatoms. The molecule has 2 heterocycles. The van der Waals surface area contributed by atoms with E-state index in [0.717, 1.165) is 25.9 Å². The highest BCUT2D eigenvalue weighted by molar-refractivity contribution is 5.44. The zero-order valence-electron chi connectivity index (χ0n) is 11.9. The van der Waals surface area contributed by atoms with Crippen LogP contribution < -0.4 is 15.5 Å². The lowest BCUT2D eigenvalue weighted by Gasteiger charge is -2.17. The van der Waals surface area contributed by atoms with Gasteiger partial charge in [0.2, 0.25) is 17.8 Å². The van der Waals surface area contributed by atoms with Gasteiger partial charge in [-0.25, -0.2) is 8.78 Å². The Morgan fingerprint density at radius 2 is 1.76 bits per heavy atom. The van der Waals surface area contributed by atoms with Crippen molar-refractivity contribution in [2.24, 2.45) is 0 Å². The highest BCUT2D eigenvalue weighted by Crippen LogP contribution is 2.18. The Balaban J connectivity index is 2.11. The molecule has 1 fully saturated rings. The molecule has 2 rings (SSSR count). The van der Waals surface area contributed by atoms with Gasteiger partial charge in [0.1, 0.15) is 6.10 Å². The first kappa shape index (κ1) is 15.6. The molecule has 0 radical (unpaired) electrons. The lowest BCUT2D eigenvalue weighted by Crippen LogP contribution is -2.28. The molecule has 1 aliphatic heterocycles. The molecular formula is C12H20F2N6O. The summed E-state index contributed by atoms with van der Waals surface area (Å²) >= 11 is 0. The maximum atomic E-state index is 12.3. The van der Waals surface area contributed by atoms with Crippen LogP contribution >= 0.6 is 0 Å². The maximum Gasteiger partial charge on any atom is 0.265 e. The summed E-state index contributed by atoms with van der Waals surface area (Å²) < 4.78 is 24.6. The predicted molar refractivity (Wildman–Crippen MR) is 75.9 cm³/mol. The molecule has 1 saturated heterocycles. The van der Waals surface area contributed by atoms with Gasteiger partial charge in [-0.2, -0.15) is 15.0 Å². The van der Waals surface area contributed by atoms with Crippen molar-refractivity contribution in [3.8, 4) is 0 Å². The van der Waals surface area contributed by atoms with Crippen molar-refractivity contribution in [3.05, 3.63) is 0 Å². The maximum absolute atomic E-state index is 12.3. The summed E-state index contributed by atoms with van der Waals surface area (Å²) in [7, 11) is 0. The fourth-order valence-electron chi connectivity index (χ4n) is 2.02. The van der Waals surface area contributed by atoms with E-state index in [-0.39, 0.29) is 12.5 Å². The van der Waals surface area contributed by atoms with Gasteiger partial charge in [-0.3, -0.25) is 0 Å². The molecule has 7 nitrogen and oxygen atoms in total. The molecule has 0 spiro atoms. The van der Waals surface area contributed by atoms with E-state index in [0.29, 0.717) is 18.4 Å². The molecule has 1 aromatic rings. The molecule has 21 heavy (non-hydrogen) atoms. The highest BCUT2D eigenvalue weighted by Gasteiger charge is 2.19. The Kier molecular flexibility index (Phi) is 5.43. The van der Waals surface area contributed by atoms with Crippen molar-refractivity contribution < 1.29 is 13.9 Å². The van der Waals surface area contributed by atoms with Crippen molar-refractivity contribution >= 4 is 17.8 Å². The predicted octanol–water partition coefficient (Wildman–Crippen LogP) is 0.941. The number of halogens is 2. The standard InChI is InChI=1S/C12H20F2N6O/c1-2-15-10-17-11(16-7-8(21)9(13)14)19-12(18-10)20-5-3-4-6-20/h8-9,21H,2-7H2,1H3,(H2,15,16,17,18,19). The number of nitrogens with zero attached hydrogens (tertiary/aromatic N) is 4. The van der Waals surface area contributed by atoms with Crippen molar-refractivity contribution in [2.75, 3.05) is 41.7 Å². The lowest BCUT2D eigenvalue weighted by atomic mass is 10.4. The van der Waals surface area contributed by atoms with Crippen LogP contribution in [0.5, 0.6) is 0 Å². The van der Waals surface area contributed by atoms with Crippen LogP contribution in [0.1, 0.15) is 19.8 Å². The van der Waals surface area contributed by atoms with Gasteiger partial charge in [-0.15, -0.1) is 0 Å². The van der Waals surface area contributed by atoms with E-state index in [2.05, 4.69) is 25.6 Å². The van der Waals surface area contributed by atoms with Crippen LogP contribution in [0, 0.1) is 0 Å². The monoisotopic (exact) mass is 302 g/mol. The SMILES string of the molecule is CCNc1nc(NCC(O)C(F)F)nc(N2CCCC2)n1. The Morgan fingerprint density at radius 1 is 1.14 bits per heavy atom. The van der Waals surface area contributed by atoms with Gasteiger partial charge >= 0.3 is 0 Å². The number of alkyl halides is 2. The summed E-state index contributed by atoms with van der Waals surface area (Å²) in [5, 5.41) is 14.7. The van der Waals surface area contributed by atoms with Crippen LogP contribution in [-0.4, -0.2) is 58.8 Å². The third-order valence-electron chi connectivity index (χ3n) is 3.11. The van der Waals surface area contributed by atoms with E-state index in [9.17, 15) is 8.78 Å². The number of nitrogens with one attached hydrogen (secondary N) is 2. The molecule has 0 saturated carbocycles. The van der Waals surface area contributed by atoms with Gasteiger partial charge in [-0.1, -0.05) is 0 Å². The smallest absolute Gasteiger partial charge is 0.265 e. The van der Waals surface area contributed by atoms with E-state index in [1.807, 2.05) is 11.8 Å². The average Bonchev–Trinajstić information content (AvgIpc) is 2.99. The molecule has 0 aromatic carbocycles. The Labute approximate surface area is 121 Å². The largest absolute Gasteiger partial charge is 0.385 e. The summed E-state index contributed by atoms with van der Waals surface area (Å²) in [6.07, 6.45) is -2.39. The molecule has 1 aromatic heterocycles. The van der Waals surface area contributed by atoms with Crippen LogP contribution in [0.4, 0.5) is 26.6 Å². The van der Waals surface area contributed by atoms with Crippen molar-refractivity contribution in [3.63, 3.8) is 0 Å². The fraction of sp³-hybridized carbons (Fsp3) is 0.750. The summed E-state index contributed by atoms with van der Waals surface area (Å²) in [6, 6.07) is 0. The zero-order chi connectivity index (χ0) is 15.2. The van der Waals surface area contributed by atoms with Crippen LogP contribution in [0.2, 0.25) is 0 Å². The normalized spacial score (nSPS) is 16.3. The first-order chi connectivity index (χ1) is 10.1. The van der Waals surface area contributed by atoms with Crippen LogP contribution in [0.3, 0.4) is 0 Å². The molecule has 0 bridgehead atoms. The summed E-state index contributed by atoms with van der Waals surface area (Å²) in [5.74, 6) is 1.10. The van der Waals surface area contributed by atoms with E-state index >= 15 is 0 Å². The second kappa shape index (κ2) is 7.30. The van der Waals surface area contributed by atoms with E-state index < -0.39 is 12.5 Å². The fourth-order valence-corrected chi connectivity index (χ4v) is 2.02. The number of hydrogen-bond donors (Lipinski definition) is 3. The number of rotatable bonds is 7. The summed E-state index contributed by atoms with van der Waals surface area (Å²) in [4.78, 5) is 14.7. The lowest BCUT2D eigenvalue weighted by molar-refractivity contribution is 0.00376. The van der Waals surface area contributed by atoms with Gasteiger partial charge < -0.3 is 20.6 Å². The number of hydrogen-bond acceptors (Lipinski definition) is 7. The van der Waals surface area contributed by atoms with Crippen molar-refractivity contribution in [2.45, 2.75) is 32.3 Å². The Hall–Kier alpha value is -1.77. The van der Waals surface area contributed by atoms with Crippen molar-refractivity contribution in [1.82, 2.24) is 15.0 Å². The molecule has 1 atom stereocenters. The van der Waals surface area contributed by atoms with Gasteiger partial charge in [0.25, 0.3) is 6.43 Å². The second-order valence-electron chi connectivity index (χ2n) is 4.79. The van der Waals surface area contributed by atoms with Crippen molar-refractivity contribution in [1.29, 1.82) is 0 Å². The number of aliphatic hydroxyl groups is 1. The van der Waals surface area contributed by atoms with E-state index in [1.54, 1.807) is 0 Å². The van der Waals surface area contributed by atoms with Crippen LogP contribution in [0.25, 0.3) is 0 Å². The molecular weight excluding hydrogens is 282 g/mol. The average molecular weight is 302 g/mol. The molecule has 0 aliphatic carbocycles. The topological polar surface area (TPSA) is 86.2 Å².